The molecule has 0 aromatic carbocycles. The molecular formula is C11H14N6O3S. The van der Waals surface area contributed by atoms with Gasteiger partial charge in [0.05, 0.1) is 13.7 Å². The highest BCUT2D eigenvalue weighted by Crippen LogP contribution is 2.13. The lowest BCUT2D eigenvalue weighted by Crippen LogP contribution is -2.25. The van der Waals surface area contributed by atoms with Crippen LogP contribution in [0.1, 0.15) is 20.6 Å². The summed E-state index contributed by atoms with van der Waals surface area (Å²) in [7, 11) is 2.88. The maximum Gasteiger partial charge on any atom is 0.308 e. The van der Waals surface area contributed by atoms with Crippen LogP contribution in [0.3, 0.4) is 0 Å². The average Bonchev–Trinajstić information content (AvgIpc) is 2.91. The van der Waals surface area contributed by atoms with Crippen LogP contribution in [0.25, 0.3) is 0 Å². The zero-order valence-corrected chi connectivity index (χ0v) is 12.5. The predicted molar refractivity (Wildman–Crippen MR) is 75.9 cm³/mol. The van der Waals surface area contributed by atoms with E-state index in [0.29, 0.717) is 23.2 Å². The quantitative estimate of drug-likeness (QED) is 0.757. The summed E-state index contributed by atoms with van der Waals surface area (Å²) in [5.74, 6) is 0.583. The van der Waals surface area contributed by atoms with Crippen molar-refractivity contribution in [1.82, 2.24) is 25.2 Å². The summed E-state index contributed by atoms with van der Waals surface area (Å²) in [6.07, 6.45) is 0. The Morgan fingerprint density at radius 2 is 2.29 bits per heavy atom. The van der Waals surface area contributed by atoms with Crippen LogP contribution in [0.15, 0.2) is 10.9 Å². The van der Waals surface area contributed by atoms with Crippen molar-refractivity contribution in [2.75, 3.05) is 19.5 Å². The molecule has 2 aromatic rings. The molecule has 0 radical (unpaired) electrons. The number of hydrogen-bond acceptors (Lipinski definition) is 8. The van der Waals surface area contributed by atoms with Crippen molar-refractivity contribution in [2.45, 2.75) is 13.5 Å². The number of nitrogens with zero attached hydrogens (tertiary/aromatic N) is 4. The average molecular weight is 310 g/mol. The van der Waals surface area contributed by atoms with Crippen molar-refractivity contribution in [1.29, 1.82) is 0 Å². The van der Waals surface area contributed by atoms with E-state index in [-0.39, 0.29) is 16.5 Å². The highest BCUT2D eigenvalue weighted by molar-refractivity contribution is 7.13. The zero-order chi connectivity index (χ0) is 15.4. The molecule has 0 aliphatic rings. The molecule has 9 nitrogen and oxygen atoms in total. The fourth-order valence-corrected chi connectivity index (χ4v) is 2.21. The number of rotatable bonds is 5. The van der Waals surface area contributed by atoms with E-state index in [9.17, 15) is 9.59 Å². The molecule has 0 unspecified atom stereocenters. The molecule has 0 bridgehead atoms. The Morgan fingerprint density at radius 3 is 2.95 bits per heavy atom. The van der Waals surface area contributed by atoms with E-state index in [0.717, 1.165) is 16.4 Å². The Hall–Kier alpha value is -2.33. The predicted octanol–water partition coefficient (Wildman–Crippen LogP) is 0.175. The van der Waals surface area contributed by atoms with Crippen molar-refractivity contribution >= 4 is 23.1 Å². The van der Waals surface area contributed by atoms with Crippen molar-refractivity contribution < 1.29 is 9.63 Å². The maximum absolute atomic E-state index is 11.8. The van der Waals surface area contributed by atoms with Gasteiger partial charge in [-0.2, -0.15) is 0 Å². The lowest BCUT2D eigenvalue weighted by molar-refractivity contribution is -0.0757. The number of carbonyl (C=O) groups excluding carboxylic acids is 1. The van der Waals surface area contributed by atoms with Gasteiger partial charge in [0, 0.05) is 13.1 Å². The maximum atomic E-state index is 11.8. The van der Waals surface area contributed by atoms with Crippen molar-refractivity contribution in [2.24, 2.45) is 0 Å². The first-order chi connectivity index (χ1) is 9.99. The molecule has 2 heterocycles. The Labute approximate surface area is 124 Å². The molecule has 2 N–H and O–H groups in total. The Morgan fingerprint density at radius 1 is 1.52 bits per heavy atom. The first-order valence-corrected chi connectivity index (χ1v) is 6.77. The summed E-state index contributed by atoms with van der Waals surface area (Å²) in [5.41, 5.74) is -0.236. The van der Waals surface area contributed by atoms with Gasteiger partial charge in [0.1, 0.15) is 16.6 Å². The molecule has 112 valence electrons. The molecule has 0 aliphatic carbocycles. The van der Waals surface area contributed by atoms with Crippen LogP contribution in [0, 0.1) is 6.92 Å². The molecule has 2 rings (SSSR count). The Bertz CT molecular complexity index is 697. The fourth-order valence-electron chi connectivity index (χ4n) is 1.47. The monoisotopic (exact) mass is 310 g/mol. The summed E-state index contributed by atoms with van der Waals surface area (Å²) in [6, 6.07) is 1.35. The number of hydroxylamine groups is 2. The zero-order valence-electron chi connectivity index (χ0n) is 11.7. The fraction of sp³-hybridized carbons (Fsp3) is 0.364. The van der Waals surface area contributed by atoms with Gasteiger partial charge in [-0.3, -0.25) is 14.4 Å². The van der Waals surface area contributed by atoms with E-state index in [1.807, 2.05) is 0 Å². The van der Waals surface area contributed by atoms with Gasteiger partial charge in [-0.05, 0) is 6.92 Å². The van der Waals surface area contributed by atoms with E-state index in [1.165, 1.54) is 20.2 Å². The van der Waals surface area contributed by atoms with Crippen LogP contribution in [0.2, 0.25) is 0 Å². The van der Waals surface area contributed by atoms with Gasteiger partial charge < -0.3 is 10.3 Å². The third-order valence-electron chi connectivity index (χ3n) is 2.49. The first-order valence-electron chi connectivity index (χ1n) is 5.96. The van der Waals surface area contributed by atoms with Crippen LogP contribution in [0.5, 0.6) is 0 Å². The van der Waals surface area contributed by atoms with Crippen LogP contribution in [-0.4, -0.2) is 45.3 Å². The topological polar surface area (TPSA) is 113 Å². The highest BCUT2D eigenvalue weighted by Gasteiger charge is 2.17. The minimum absolute atomic E-state index is 0.228. The lowest BCUT2D eigenvalue weighted by Gasteiger charge is -2.10. The van der Waals surface area contributed by atoms with E-state index in [2.05, 4.69) is 25.5 Å². The smallest absolute Gasteiger partial charge is 0.308 e. The van der Waals surface area contributed by atoms with E-state index in [4.69, 9.17) is 4.84 Å². The molecular weight excluding hydrogens is 296 g/mol. The van der Waals surface area contributed by atoms with Crippen LogP contribution in [-0.2, 0) is 11.4 Å². The van der Waals surface area contributed by atoms with Gasteiger partial charge in [-0.25, -0.2) is 10.0 Å². The first kappa shape index (κ1) is 15.1. The third kappa shape index (κ3) is 3.83. The summed E-state index contributed by atoms with van der Waals surface area (Å²) in [6.45, 7) is 2.01. The van der Waals surface area contributed by atoms with E-state index < -0.39 is 0 Å². The van der Waals surface area contributed by atoms with Crippen molar-refractivity contribution in [3.8, 4) is 0 Å². The lowest BCUT2D eigenvalue weighted by atomic mass is 10.5. The SMILES string of the molecule is CON(C)C(=O)c1nnc(CNc2cc(=O)[nH]c(C)n2)s1. The molecule has 2 aromatic heterocycles. The molecule has 0 fully saturated rings. The second-order valence-electron chi connectivity index (χ2n) is 4.06. The summed E-state index contributed by atoms with van der Waals surface area (Å²) in [4.78, 5) is 34.5. The van der Waals surface area contributed by atoms with E-state index >= 15 is 0 Å². The van der Waals surface area contributed by atoms with Gasteiger partial charge in [0.15, 0.2) is 0 Å². The highest BCUT2D eigenvalue weighted by atomic mass is 32.1. The number of aromatic nitrogens is 4. The number of anilines is 1. The Kier molecular flexibility index (Phi) is 4.60. The largest absolute Gasteiger partial charge is 0.363 e. The minimum atomic E-state index is -0.369. The number of H-pyrrole nitrogens is 1. The second-order valence-corrected chi connectivity index (χ2v) is 5.12. The van der Waals surface area contributed by atoms with Gasteiger partial charge in [0.25, 0.3) is 5.56 Å². The van der Waals surface area contributed by atoms with Crippen molar-refractivity contribution in [3.63, 3.8) is 0 Å². The van der Waals surface area contributed by atoms with E-state index in [1.54, 1.807) is 6.92 Å². The molecule has 1 amide bonds. The van der Waals surface area contributed by atoms with Crippen LogP contribution >= 0.6 is 11.3 Å². The molecule has 10 heteroatoms. The number of carbonyl (C=O) groups is 1. The van der Waals surface area contributed by atoms with Gasteiger partial charge in [-0.1, -0.05) is 11.3 Å². The second kappa shape index (κ2) is 6.41. The van der Waals surface area contributed by atoms with Crippen LogP contribution in [0.4, 0.5) is 5.82 Å². The Balaban J connectivity index is 2.03. The van der Waals surface area contributed by atoms with Gasteiger partial charge in [-0.15, -0.1) is 10.2 Å². The summed E-state index contributed by atoms with van der Waals surface area (Å²) < 4.78 is 0. The molecule has 0 saturated carbocycles. The van der Waals surface area contributed by atoms with Crippen molar-refractivity contribution in [3.05, 3.63) is 32.3 Å². The normalized spacial score (nSPS) is 10.4. The number of aryl methyl sites for hydroxylation is 1. The third-order valence-corrected chi connectivity index (χ3v) is 3.40. The number of amides is 1. The molecule has 0 aliphatic heterocycles. The molecule has 0 saturated heterocycles. The van der Waals surface area contributed by atoms with Gasteiger partial charge >= 0.3 is 5.91 Å². The summed E-state index contributed by atoms with van der Waals surface area (Å²) >= 11 is 1.14. The molecule has 21 heavy (non-hydrogen) atoms. The number of aromatic amines is 1. The summed E-state index contributed by atoms with van der Waals surface area (Å²) in [5, 5.41) is 12.6. The molecule has 0 spiro atoms. The number of nitrogens with one attached hydrogen (secondary N) is 2. The minimum Gasteiger partial charge on any atom is -0.363 e. The van der Waals surface area contributed by atoms with Gasteiger partial charge in [0.2, 0.25) is 5.01 Å². The molecule has 0 atom stereocenters. The standard InChI is InChI=1S/C11H14N6O3S/c1-6-13-7(4-8(18)14-6)12-5-9-15-16-10(21-9)11(19)17(2)20-3/h4H,5H2,1-3H3,(H2,12,13,14,18). The van der Waals surface area contributed by atoms with Crippen LogP contribution < -0.4 is 10.9 Å². The number of hydrogen-bond donors (Lipinski definition) is 2.